The first-order valence-corrected chi connectivity index (χ1v) is 15.2. The fourth-order valence-corrected chi connectivity index (χ4v) is 6.34. The van der Waals surface area contributed by atoms with E-state index in [4.69, 9.17) is 33.7 Å². The molecule has 0 saturated carbocycles. The maximum Gasteiger partial charge on any atom is 0.459 e. The molecule has 3 aromatic rings. The third kappa shape index (κ3) is 6.49. The number of anilines is 1. The first kappa shape index (κ1) is 31.6. The predicted octanol–water partition coefficient (Wildman–Crippen LogP) is 3.99. The molecule has 236 valence electrons. The van der Waals surface area contributed by atoms with Crippen LogP contribution in [0.4, 0.5) is 5.82 Å². The number of hydrogen-bond acceptors (Lipinski definition) is 13. The Kier molecular flexibility index (Phi) is 8.33. The molecule has 0 spiro atoms. The molecule has 1 unspecified atom stereocenters. The lowest BCUT2D eigenvalue weighted by Crippen LogP contribution is -2.46. The standard InChI is InChI=1S/C26H34N9O8P/c1-15(23(36)42-24(2,3)4)32-44(37,43-16-10-8-7-9-11-16)38-12-26(33-34-28)19-18(39-25(5,6)40-19)22(41-26)35-14-31-17-20(27)29-13-30-21(17)35/h7-11,13-15,18-19,22H,12H2,1-6H3,(H,32,37)(H2,27,29,30)/t15-,18+,19-,22+,26+,44?/m0/s1. The van der Waals surface area contributed by atoms with E-state index in [1.54, 1.807) is 69.5 Å². The van der Waals surface area contributed by atoms with Gasteiger partial charge in [-0.1, -0.05) is 23.3 Å². The summed E-state index contributed by atoms with van der Waals surface area (Å²) in [6.45, 7) is 9.29. The predicted molar refractivity (Wildman–Crippen MR) is 155 cm³/mol. The average Bonchev–Trinajstić information content (AvgIpc) is 3.58. The van der Waals surface area contributed by atoms with E-state index in [9.17, 15) is 14.9 Å². The van der Waals surface area contributed by atoms with Gasteiger partial charge in [0.15, 0.2) is 23.5 Å². The van der Waals surface area contributed by atoms with Crippen LogP contribution in [0.5, 0.6) is 5.75 Å². The van der Waals surface area contributed by atoms with E-state index in [-0.39, 0.29) is 11.6 Å². The van der Waals surface area contributed by atoms with E-state index >= 15 is 0 Å². The van der Waals surface area contributed by atoms with E-state index in [0.717, 1.165) is 0 Å². The molecule has 3 N–H and O–H groups in total. The molecule has 0 bridgehead atoms. The Morgan fingerprint density at radius 3 is 2.64 bits per heavy atom. The third-order valence-corrected chi connectivity index (χ3v) is 8.20. The fourth-order valence-electron chi connectivity index (χ4n) is 4.83. The zero-order valence-corrected chi connectivity index (χ0v) is 25.9. The van der Waals surface area contributed by atoms with Crippen LogP contribution in [0.3, 0.4) is 0 Å². The summed E-state index contributed by atoms with van der Waals surface area (Å²) in [6, 6.07) is 7.08. The van der Waals surface area contributed by atoms with E-state index < -0.39 is 61.9 Å². The molecular formula is C26H34N9O8P. The van der Waals surface area contributed by atoms with Crippen LogP contribution in [0.1, 0.15) is 47.8 Å². The number of esters is 1. The van der Waals surface area contributed by atoms with Crippen molar-refractivity contribution < 1.29 is 37.4 Å². The summed E-state index contributed by atoms with van der Waals surface area (Å²) in [5, 5.41) is 6.56. The monoisotopic (exact) mass is 631 g/mol. The summed E-state index contributed by atoms with van der Waals surface area (Å²) in [6.07, 6.45) is -0.207. The van der Waals surface area contributed by atoms with Gasteiger partial charge in [-0.3, -0.25) is 13.9 Å². The van der Waals surface area contributed by atoms with Crippen LogP contribution >= 0.6 is 7.75 Å². The highest BCUT2D eigenvalue weighted by Gasteiger charge is 2.64. The minimum Gasteiger partial charge on any atom is -0.459 e. The lowest BCUT2D eigenvalue weighted by atomic mass is 10.1. The van der Waals surface area contributed by atoms with Gasteiger partial charge in [-0.05, 0) is 59.2 Å². The van der Waals surface area contributed by atoms with Crippen LogP contribution in [0.2, 0.25) is 0 Å². The van der Waals surface area contributed by atoms with Crippen LogP contribution < -0.4 is 15.3 Å². The van der Waals surface area contributed by atoms with Crippen LogP contribution in [0, 0.1) is 0 Å². The molecule has 2 fully saturated rings. The number of aromatic nitrogens is 4. The summed E-state index contributed by atoms with van der Waals surface area (Å²) in [7, 11) is -4.40. The molecule has 2 saturated heterocycles. The van der Waals surface area contributed by atoms with Gasteiger partial charge in [0.2, 0.25) is 5.72 Å². The Morgan fingerprint density at radius 2 is 1.95 bits per heavy atom. The van der Waals surface area contributed by atoms with Crippen molar-refractivity contribution in [2.45, 2.75) is 83.1 Å². The number of nitrogens with one attached hydrogen (secondary N) is 1. The highest BCUT2D eigenvalue weighted by atomic mass is 31.2. The molecule has 0 aliphatic carbocycles. The van der Waals surface area contributed by atoms with Gasteiger partial charge in [0.25, 0.3) is 0 Å². The highest BCUT2D eigenvalue weighted by molar-refractivity contribution is 7.52. The van der Waals surface area contributed by atoms with Crippen molar-refractivity contribution in [1.29, 1.82) is 0 Å². The third-order valence-electron chi connectivity index (χ3n) is 6.58. The first-order valence-electron chi connectivity index (χ1n) is 13.7. The number of nitrogens with zero attached hydrogens (tertiary/aromatic N) is 7. The number of ether oxygens (including phenoxy) is 4. The molecular weight excluding hydrogens is 597 g/mol. The van der Waals surface area contributed by atoms with E-state index in [1.165, 1.54) is 19.6 Å². The van der Waals surface area contributed by atoms with Crippen molar-refractivity contribution in [3.8, 4) is 5.75 Å². The van der Waals surface area contributed by atoms with E-state index in [2.05, 4.69) is 30.1 Å². The number of para-hydroxylation sites is 1. The topological polar surface area (TPSA) is 220 Å². The van der Waals surface area contributed by atoms with Crippen LogP contribution in [-0.4, -0.2) is 67.5 Å². The number of nitrogens with two attached hydrogens (primary N) is 1. The van der Waals surface area contributed by atoms with Gasteiger partial charge in [-0.2, -0.15) is 5.09 Å². The second-order valence-electron chi connectivity index (χ2n) is 11.7. The van der Waals surface area contributed by atoms with Gasteiger partial charge >= 0.3 is 13.7 Å². The summed E-state index contributed by atoms with van der Waals surface area (Å²) in [5.74, 6) is -1.49. The lowest BCUT2D eigenvalue weighted by molar-refractivity contribution is -0.223. The average molecular weight is 632 g/mol. The molecule has 1 aromatic carbocycles. The molecule has 2 aliphatic heterocycles. The van der Waals surface area contributed by atoms with Gasteiger partial charge in [0, 0.05) is 4.91 Å². The van der Waals surface area contributed by atoms with Crippen LogP contribution in [0.25, 0.3) is 21.6 Å². The van der Waals surface area contributed by atoms with Crippen molar-refractivity contribution in [2.75, 3.05) is 12.3 Å². The molecule has 4 heterocycles. The van der Waals surface area contributed by atoms with Gasteiger partial charge in [0.1, 0.15) is 41.4 Å². The van der Waals surface area contributed by atoms with Gasteiger partial charge in [0.05, 0.1) is 12.9 Å². The SMILES string of the molecule is C[C@H](NP(=O)(OC[C@@]1(N=[N+]=[N-])O[C@@H](n2cnc3c(N)ncnc32)[C@@H]2OC(C)(C)O[C@@H]21)Oc1ccccc1)C(=O)OC(C)(C)C. The largest absolute Gasteiger partial charge is 0.459 e. The maximum atomic E-state index is 14.2. The van der Waals surface area contributed by atoms with Crippen molar-refractivity contribution >= 4 is 30.7 Å². The molecule has 0 amide bonds. The molecule has 2 aromatic heterocycles. The Balaban J connectivity index is 1.48. The molecule has 2 aliphatic rings. The Hall–Kier alpha value is -3.82. The number of hydrogen-bond donors (Lipinski definition) is 2. The van der Waals surface area contributed by atoms with Gasteiger partial charge < -0.3 is 29.2 Å². The van der Waals surface area contributed by atoms with Crippen LogP contribution in [-0.2, 0) is 32.8 Å². The number of rotatable bonds is 10. The molecule has 5 rings (SSSR count). The zero-order valence-electron chi connectivity index (χ0n) is 25.0. The quantitative estimate of drug-likeness (QED) is 0.106. The smallest absolute Gasteiger partial charge is 0.459 e. The maximum absolute atomic E-state index is 14.2. The van der Waals surface area contributed by atoms with Crippen LogP contribution in [0.15, 0.2) is 48.1 Å². The van der Waals surface area contributed by atoms with E-state index in [0.29, 0.717) is 11.2 Å². The number of fused-ring (bicyclic) bond motifs is 2. The highest BCUT2D eigenvalue weighted by Crippen LogP contribution is 2.52. The van der Waals surface area contributed by atoms with Crippen molar-refractivity contribution in [1.82, 2.24) is 24.6 Å². The summed E-state index contributed by atoms with van der Waals surface area (Å²) < 4.78 is 51.5. The second-order valence-corrected chi connectivity index (χ2v) is 13.4. The minimum atomic E-state index is -4.40. The normalized spacial score (nSPS) is 26.4. The fraction of sp³-hybridized carbons (Fsp3) is 0.538. The summed E-state index contributed by atoms with van der Waals surface area (Å²) in [4.78, 5) is 28.3. The number of carbonyl (C=O) groups is 1. The number of azide groups is 1. The zero-order chi connectivity index (χ0) is 31.9. The first-order chi connectivity index (χ1) is 20.6. The van der Waals surface area contributed by atoms with E-state index in [1.807, 2.05) is 0 Å². The molecule has 17 nitrogen and oxygen atoms in total. The van der Waals surface area contributed by atoms with Crippen molar-refractivity contribution in [3.63, 3.8) is 0 Å². The number of benzene rings is 1. The lowest BCUT2D eigenvalue weighted by Gasteiger charge is -2.32. The Morgan fingerprint density at radius 1 is 1.23 bits per heavy atom. The molecule has 6 atom stereocenters. The molecule has 0 radical (unpaired) electrons. The number of carbonyl (C=O) groups excluding carboxylic acids is 1. The van der Waals surface area contributed by atoms with Crippen molar-refractivity contribution in [3.05, 3.63) is 53.4 Å². The second kappa shape index (κ2) is 11.6. The van der Waals surface area contributed by atoms with Gasteiger partial charge in [-0.15, -0.1) is 0 Å². The summed E-state index contributed by atoms with van der Waals surface area (Å²) >= 11 is 0. The minimum absolute atomic E-state index is 0.154. The van der Waals surface area contributed by atoms with Crippen molar-refractivity contribution in [2.24, 2.45) is 5.11 Å². The Bertz CT molecular complexity index is 1620. The van der Waals surface area contributed by atoms with Gasteiger partial charge in [-0.25, -0.2) is 19.5 Å². The number of nitrogen functional groups attached to an aromatic ring is 1. The Labute approximate surface area is 252 Å². The summed E-state index contributed by atoms with van der Waals surface area (Å²) in [5.41, 5.74) is 13.6. The molecule has 18 heteroatoms. The molecule has 44 heavy (non-hydrogen) atoms. The number of imidazole rings is 1.